The Morgan fingerprint density at radius 2 is 2.00 bits per heavy atom. The first-order valence-corrected chi connectivity index (χ1v) is 6.51. The van der Waals surface area contributed by atoms with Crippen molar-refractivity contribution in [3.63, 3.8) is 0 Å². The molecule has 2 rings (SSSR count). The van der Waals surface area contributed by atoms with E-state index in [0.29, 0.717) is 6.04 Å². The van der Waals surface area contributed by atoms with Crippen molar-refractivity contribution in [2.45, 2.75) is 32.7 Å². The molecular weight excluding hydrogens is 224 g/mol. The van der Waals surface area contributed by atoms with E-state index >= 15 is 0 Å². The summed E-state index contributed by atoms with van der Waals surface area (Å²) in [5.74, 6) is -0.0554. The van der Waals surface area contributed by atoms with Crippen molar-refractivity contribution >= 4 is 11.6 Å². The lowest BCUT2D eigenvalue weighted by Crippen LogP contribution is -2.41. The van der Waals surface area contributed by atoms with Crippen molar-refractivity contribution in [3.05, 3.63) is 36.2 Å². The van der Waals surface area contributed by atoms with E-state index in [4.69, 9.17) is 0 Å². The molecule has 3 heteroatoms. The molecule has 0 spiro atoms. The molecule has 97 valence electrons. The van der Waals surface area contributed by atoms with Crippen LogP contribution in [0.25, 0.3) is 0 Å². The van der Waals surface area contributed by atoms with Gasteiger partial charge in [0.25, 0.3) is 0 Å². The highest BCUT2D eigenvalue weighted by Crippen LogP contribution is 2.21. The van der Waals surface area contributed by atoms with Crippen molar-refractivity contribution < 1.29 is 4.79 Å². The molecule has 0 aliphatic carbocycles. The lowest BCUT2D eigenvalue weighted by molar-refractivity contribution is -0.127. The summed E-state index contributed by atoms with van der Waals surface area (Å²) in [6.07, 6.45) is 1.99. The normalized spacial score (nSPS) is 16.7. The Hall–Kier alpha value is -1.51. The summed E-state index contributed by atoms with van der Waals surface area (Å²) in [6, 6.07) is 6.92. The fraction of sp³-hybridized carbons (Fsp3) is 0.467. The number of anilines is 1. The summed E-state index contributed by atoms with van der Waals surface area (Å²) in [6.45, 7) is 9.31. The average Bonchev–Trinajstić information content (AvgIpc) is 2.34. The molecule has 0 aromatic heterocycles. The fourth-order valence-corrected chi connectivity index (χ4v) is 2.38. The van der Waals surface area contributed by atoms with Crippen molar-refractivity contribution in [3.8, 4) is 0 Å². The molecule has 0 saturated carbocycles. The van der Waals surface area contributed by atoms with Crippen LogP contribution in [0.4, 0.5) is 5.69 Å². The van der Waals surface area contributed by atoms with Gasteiger partial charge in [0, 0.05) is 31.7 Å². The van der Waals surface area contributed by atoms with E-state index in [9.17, 15) is 4.79 Å². The van der Waals surface area contributed by atoms with Gasteiger partial charge in [-0.3, -0.25) is 4.79 Å². The highest BCUT2D eigenvalue weighted by molar-refractivity contribution is 5.80. The van der Waals surface area contributed by atoms with E-state index in [-0.39, 0.29) is 5.91 Å². The van der Waals surface area contributed by atoms with E-state index in [2.05, 4.69) is 44.3 Å². The van der Waals surface area contributed by atoms with E-state index in [1.807, 2.05) is 4.90 Å². The number of benzene rings is 1. The standard InChI is InChI=1S/C15H21N2O/c1-11-4-5-12(2)15(10-11)16-14-6-8-17(9-7-14)13(3)18/h4-5,10,14,16H,3,6-9H2,1-2H3. The molecule has 1 heterocycles. The Morgan fingerprint density at radius 3 is 2.61 bits per heavy atom. The minimum atomic E-state index is -0.0554. The number of amides is 1. The molecule has 0 atom stereocenters. The molecule has 0 unspecified atom stereocenters. The van der Waals surface area contributed by atoms with Crippen LogP contribution in [0.1, 0.15) is 24.0 Å². The van der Waals surface area contributed by atoms with Crippen LogP contribution in [0.3, 0.4) is 0 Å². The first-order chi connectivity index (χ1) is 8.56. The van der Waals surface area contributed by atoms with E-state index < -0.39 is 0 Å². The largest absolute Gasteiger partial charge is 0.382 e. The third kappa shape index (κ3) is 3.03. The van der Waals surface area contributed by atoms with Gasteiger partial charge < -0.3 is 10.2 Å². The highest BCUT2D eigenvalue weighted by Gasteiger charge is 2.20. The molecule has 18 heavy (non-hydrogen) atoms. The van der Waals surface area contributed by atoms with Gasteiger partial charge in [-0.05, 0) is 43.9 Å². The molecule has 3 nitrogen and oxygen atoms in total. The molecule has 1 aromatic rings. The smallest absolute Gasteiger partial charge is 0.223 e. The van der Waals surface area contributed by atoms with Gasteiger partial charge in [-0.15, -0.1) is 0 Å². The third-order valence-corrected chi connectivity index (χ3v) is 3.60. The van der Waals surface area contributed by atoms with Crippen LogP contribution in [-0.4, -0.2) is 29.9 Å². The summed E-state index contributed by atoms with van der Waals surface area (Å²) in [5, 5.41) is 3.59. The van der Waals surface area contributed by atoms with Crippen LogP contribution in [0.5, 0.6) is 0 Å². The predicted molar refractivity (Wildman–Crippen MR) is 74.5 cm³/mol. The van der Waals surface area contributed by atoms with Gasteiger partial charge in [-0.2, -0.15) is 0 Å². The number of carbonyl (C=O) groups excluding carboxylic acids is 1. The summed E-state index contributed by atoms with van der Waals surface area (Å²) in [4.78, 5) is 13.0. The number of rotatable bonds is 2. The Morgan fingerprint density at radius 1 is 1.33 bits per heavy atom. The zero-order valence-electron chi connectivity index (χ0n) is 11.2. The lowest BCUT2D eigenvalue weighted by Gasteiger charge is -2.32. The lowest BCUT2D eigenvalue weighted by atomic mass is 10.0. The van der Waals surface area contributed by atoms with Gasteiger partial charge in [0.1, 0.15) is 0 Å². The summed E-state index contributed by atoms with van der Waals surface area (Å²) in [7, 11) is 0. The first kappa shape index (κ1) is 12.9. The quantitative estimate of drug-likeness (QED) is 0.868. The minimum Gasteiger partial charge on any atom is -0.382 e. The topological polar surface area (TPSA) is 32.3 Å². The SMILES string of the molecule is [CH2]C(=O)N1CCC(Nc2cc(C)ccc2C)CC1. The van der Waals surface area contributed by atoms with Crippen molar-refractivity contribution in [2.75, 3.05) is 18.4 Å². The number of piperidine rings is 1. The number of likely N-dealkylation sites (tertiary alicyclic amines) is 1. The molecule has 1 aliphatic rings. The molecule has 0 bridgehead atoms. The van der Waals surface area contributed by atoms with Gasteiger partial charge in [0.2, 0.25) is 5.91 Å². The number of aryl methyl sites for hydroxylation is 2. The predicted octanol–water partition coefficient (Wildman–Crippen LogP) is 2.54. The summed E-state index contributed by atoms with van der Waals surface area (Å²) in [5.41, 5.74) is 3.76. The van der Waals surface area contributed by atoms with Crippen molar-refractivity contribution in [1.82, 2.24) is 4.90 Å². The Kier molecular flexibility index (Phi) is 3.90. The number of hydrogen-bond acceptors (Lipinski definition) is 2. The molecule has 1 radical (unpaired) electrons. The molecule has 1 fully saturated rings. The van der Waals surface area contributed by atoms with Crippen LogP contribution in [-0.2, 0) is 4.79 Å². The van der Waals surface area contributed by atoms with Crippen molar-refractivity contribution in [1.29, 1.82) is 0 Å². The van der Waals surface area contributed by atoms with E-state index in [1.165, 1.54) is 16.8 Å². The van der Waals surface area contributed by atoms with E-state index in [1.54, 1.807) is 0 Å². The Balaban J connectivity index is 1.95. The Labute approximate surface area is 109 Å². The van der Waals surface area contributed by atoms with Gasteiger partial charge >= 0.3 is 0 Å². The van der Waals surface area contributed by atoms with E-state index in [0.717, 1.165) is 25.9 Å². The minimum absolute atomic E-state index is 0.0554. The van der Waals surface area contributed by atoms with Crippen molar-refractivity contribution in [2.24, 2.45) is 0 Å². The Bertz CT molecular complexity index is 434. The maximum absolute atomic E-state index is 11.2. The maximum Gasteiger partial charge on any atom is 0.223 e. The molecule has 1 aliphatic heterocycles. The third-order valence-electron chi connectivity index (χ3n) is 3.60. The second-order valence-corrected chi connectivity index (χ2v) is 5.12. The van der Waals surface area contributed by atoms with Crippen LogP contribution >= 0.6 is 0 Å². The number of nitrogens with zero attached hydrogens (tertiary/aromatic N) is 1. The number of nitrogens with one attached hydrogen (secondary N) is 1. The van der Waals surface area contributed by atoms with Crippen LogP contribution in [0.15, 0.2) is 18.2 Å². The molecule has 1 aromatic carbocycles. The van der Waals surface area contributed by atoms with Gasteiger partial charge in [-0.1, -0.05) is 12.1 Å². The second-order valence-electron chi connectivity index (χ2n) is 5.12. The molecule has 1 N–H and O–H groups in total. The molecule has 1 saturated heterocycles. The van der Waals surface area contributed by atoms with Gasteiger partial charge in [0.15, 0.2) is 0 Å². The van der Waals surface area contributed by atoms with Gasteiger partial charge in [-0.25, -0.2) is 0 Å². The number of hydrogen-bond donors (Lipinski definition) is 1. The summed E-state index contributed by atoms with van der Waals surface area (Å²) < 4.78 is 0. The fourth-order valence-electron chi connectivity index (χ4n) is 2.38. The molecular formula is C15H21N2O. The van der Waals surface area contributed by atoms with Crippen LogP contribution in [0, 0.1) is 20.8 Å². The van der Waals surface area contributed by atoms with Crippen LogP contribution in [0.2, 0.25) is 0 Å². The molecule has 1 amide bonds. The first-order valence-electron chi connectivity index (χ1n) is 6.51. The zero-order chi connectivity index (χ0) is 13.1. The monoisotopic (exact) mass is 245 g/mol. The summed E-state index contributed by atoms with van der Waals surface area (Å²) >= 11 is 0. The second kappa shape index (κ2) is 5.42. The zero-order valence-corrected chi connectivity index (χ0v) is 11.2. The maximum atomic E-state index is 11.2. The average molecular weight is 245 g/mol. The highest BCUT2D eigenvalue weighted by atomic mass is 16.2. The number of carbonyl (C=O) groups is 1. The van der Waals surface area contributed by atoms with Crippen LogP contribution < -0.4 is 5.32 Å². The van der Waals surface area contributed by atoms with Gasteiger partial charge in [0.05, 0.1) is 0 Å².